The minimum atomic E-state index is -4.31. The Labute approximate surface area is 156 Å². The van der Waals surface area contributed by atoms with Gasteiger partial charge in [-0.2, -0.15) is 0 Å². The van der Waals surface area contributed by atoms with Gasteiger partial charge in [0.1, 0.15) is 5.75 Å². The third-order valence-electron chi connectivity index (χ3n) is 3.58. The van der Waals surface area contributed by atoms with Gasteiger partial charge in [-0.25, -0.2) is 8.42 Å². The summed E-state index contributed by atoms with van der Waals surface area (Å²) in [6.07, 6.45) is 0. The number of hydrogen-bond donors (Lipinski definition) is 2. The quantitative estimate of drug-likeness (QED) is 0.522. The minimum Gasteiger partial charge on any atom is -0.483 e. The molecule has 0 aliphatic rings. The highest BCUT2D eigenvalue weighted by molar-refractivity contribution is 7.89. The molecule has 144 valence electrons. The van der Waals surface area contributed by atoms with E-state index >= 15 is 0 Å². The largest absolute Gasteiger partial charge is 0.483 e. The van der Waals surface area contributed by atoms with Crippen LogP contribution in [0.25, 0.3) is 0 Å². The molecule has 10 heteroatoms. The van der Waals surface area contributed by atoms with E-state index in [0.29, 0.717) is 5.75 Å². The van der Waals surface area contributed by atoms with Gasteiger partial charge in [-0.1, -0.05) is 44.2 Å². The van der Waals surface area contributed by atoms with E-state index in [-0.39, 0.29) is 5.92 Å². The highest BCUT2D eigenvalue weighted by atomic mass is 32.2. The van der Waals surface area contributed by atoms with E-state index < -0.39 is 38.0 Å². The monoisotopic (exact) mass is 393 g/mol. The summed E-state index contributed by atoms with van der Waals surface area (Å²) in [6.45, 7) is 3.52. The SMILES string of the molecule is CC(C)c1ccccc1OCC(=O)NNS(=O)(=O)c1ccccc1[N+](=O)[O-]. The van der Waals surface area contributed by atoms with E-state index in [0.717, 1.165) is 17.7 Å². The highest BCUT2D eigenvalue weighted by Gasteiger charge is 2.25. The van der Waals surface area contributed by atoms with Crippen LogP contribution in [0.3, 0.4) is 0 Å². The van der Waals surface area contributed by atoms with Crippen LogP contribution in [-0.4, -0.2) is 25.9 Å². The van der Waals surface area contributed by atoms with Gasteiger partial charge in [0.25, 0.3) is 21.6 Å². The molecule has 2 N–H and O–H groups in total. The Hall–Kier alpha value is -2.98. The van der Waals surface area contributed by atoms with Gasteiger partial charge in [-0.05, 0) is 23.6 Å². The lowest BCUT2D eigenvalue weighted by atomic mass is 10.0. The second kappa shape index (κ2) is 8.60. The highest BCUT2D eigenvalue weighted by Crippen LogP contribution is 2.25. The van der Waals surface area contributed by atoms with Crippen molar-refractivity contribution < 1.29 is 22.9 Å². The molecule has 0 heterocycles. The maximum absolute atomic E-state index is 12.2. The Morgan fingerprint density at radius 1 is 1.15 bits per heavy atom. The van der Waals surface area contributed by atoms with Crippen LogP contribution in [0.1, 0.15) is 25.3 Å². The molecule has 9 nitrogen and oxygen atoms in total. The summed E-state index contributed by atoms with van der Waals surface area (Å²) in [4.78, 5) is 23.3. The normalized spacial score (nSPS) is 11.2. The van der Waals surface area contributed by atoms with Crippen LogP contribution < -0.4 is 15.0 Å². The fourth-order valence-electron chi connectivity index (χ4n) is 2.28. The molecular formula is C17H19N3O6S. The molecule has 2 aromatic carbocycles. The summed E-state index contributed by atoms with van der Waals surface area (Å²) in [7, 11) is -4.31. The number of sulfonamides is 1. The van der Waals surface area contributed by atoms with E-state index in [1.165, 1.54) is 12.1 Å². The van der Waals surface area contributed by atoms with Gasteiger partial charge in [-0.15, -0.1) is 4.83 Å². The van der Waals surface area contributed by atoms with Crippen LogP contribution in [0, 0.1) is 10.1 Å². The van der Waals surface area contributed by atoms with Gasteiger partial charge < -0.3 is 4.74 Å². The van der Waals surface area contributed by atoms with Crippen LogP contribution in [-0.2, 0) is 14.8 Å². The fourth-order valence-corrected chi connectivity index (χ4v) is 3.32. The number of para-hydroxylation sites is 2. The number of nitrogens with one attached hydrogen (secondary N) is 2. The molecule has 0 aliphatic heterocycles. The molecule has 0 unspecified atom stereocenters. The van der Waals surface area contributed by atoms with Gasteiger partial charge in [-0.3, -0.25) is 20.3 Å². The van der Waals surface area contributed by atoms with Crippen LogP contribution in [0.4, 0.5) is 5.69 Å². The van der Waals surface area contributed by atoms with Crippen LogP contribution in [0.2, 0.25) is 0 Å². The number of carbonyl (C=O) groups is 1. The first-order valence-electron chi connectivity index (χ1n) is 7.98. The van der Waals surface area contributed by atoms with E-state index in [2.05, 4.69) is 0 Å². The lowest BCUT2D eigenvalue weighted by Crippen LogP contribution is -2.43. The maximum Gasteiger partial charge on any atom is 0.289 e. The maximum atomic E-state index is 12.2. The molecule has 0 saturated carbocycles. The molecule has 2 rings (SSSR count). The summed E-state index contributed by atoms with van der Waals surface area (Å²) in [5, 5.41) is 11.0. The molecule has 0 saturated heterocycles. The fraction of sp³-hybridized carbons (Fsp3) is 0.235. The second-order valence-corrected chi connectivity index (χ2v) is 7.51. The Morgan fingerprint density at radius 2 is 1.78 bits per heavy atom. The van der Waals surface area contributed by atoms with Gasteiger partial charge in [0.15, 0.2) is 11.5 Å². The zero-order chi connectivity index (χ0) is 20.0. The number of carbonyl (C=O) groups excluding carboxylic acids is 1. The topological polar surface area (TPSA) is 128 Å². The number of nitro benzene ring substituents is 1. The molecule has 0 aliphatic carbocycles. The lowest BCUT2D eigenvalue weighted by Gasteiger charge is -2.14. The van der Waals surface area contributed by atoms with Gasteiger partial charge >= 0.3 is 0 Å². The summed E-state index contributed by atoms with van der Waals surface area (Å²) in [5.41, 5.74) is 2.29. The molecule has 0 radical (unpaired) electrons. The molecule has 0 aromatic heterocycles. The second-order valence-electron chi connectivity index (χ2n) is 5.86. The van der Waals surface area contributed by atoms with Gasteiger partial charge in [0.2, 0.25) is 0 Å². The number of rotatable bonds is 8. The van der Waals surface area contributed by atoms with Crippen molar-refractivity contribution in [2.24, 2.45) is 0 Å². The molecule has 0 spiro atoms. The summed E-state index contributed by atoms with van der Waals surface area (Å²) in [6, 6.07) is 12.0. The van der Waals surface area contributed by atoms with Crippen molar-refractivity contribution in [1.29, 1.82) is 0 Å². The van der Waals surface area contributed by atoms with Crippen LogP contribution >= 0.6 is 0 Å². The number of benzene rings is 2. The first kappa shape index (κ1) is 20.3. The molecule has 0 atom stereocenters. The smallest absolute Gasteiger partial charge is 0.289 e. The molecule has 1 amide bonds. The molecule has 0 fully saturated rings. The first-order valence-corrected chi connectivity index (χ1v) is 9.46. The standard InChI is InChI=1S/C17H19N3O6S/c1-12(2)13-7-3-5-9-15(13)26-11-17(21)18-19-27(24,25)16-10-6-4-8-14(16)20(22)23/h3-10,12,19H,11H2,1-2H3,(H,18,21). The zero-order valence-corrected chi connectivity index (χ0v) is 15.5. The molecule has 2 aromatic rings. The number of amides is 1. The molecule has 27 heavy (non-hydrogen) atoms. The summed E-state index contributed by atoms with van der Waals surface area (Å²) < 4.78 is 29.9. The summed E-state index contributed by atoms with van der Waals surface area (Å²) in [5.74, 6) is -0.0543. The zero-order valence-electron chi connectivity index (χ0n) is 14.7. The number of nitro groups is 1. The van der Waals surface area contributed by atoms with Gasteiger partial charge in [0, 0.05) is 6.07 Å². The number of hydrogen-bond acceptors (Lipinski definition) is 6. The Morgan fingerprint density at radius 3 is 2.44 bits per heavy atom. The average Bonchev–Trinajstić information content (AvgIpc) is 2.65. The minimum absolute atomic E-state index is 0.182. The van der Waals surface area contributed by atoms with Crippen molar-refractivity contribution in [3.8, 4) is 5.75 Å². The molecular weight excluding hydrogens is 374 g/mol. The van der Waals surface area contributed by atoms with E-state index in [4.69, 9.17) is 4.74 Å². The number of nitrogens with zero attached hydrogens (tertiary/aromatic N) is 1. The van der Waals surface area contributed by atoms with Crippen molar-refractivity contribution in [2.75, 3.05) is 6.61 Å². The predicted molar refractivity (Wildman–Crippen MR) is 97.6 cm³/mol. The third kappa shape index (κ3) is 5.25. The van der Waals surface area contributed by atoms with Crippen molar-refractivity contribution in [3.05, 3.63) is 64.2 Å². The number of hydrazine groups is 1. The van der Waals surface area contributed by atoms with Crippen LogP contribution in [0.5, 0.6) is 5.75 Å². The van der Waals surface area contributed by atoms with E-state index in [1.54, 1.807) is 12.1 Å². The van der Waals surface area contributed by atoms with E-state index in [9.17, 15) is 23.3 Å². The summed E-state index contributed by atoms with van der Waals surface area (Å²) >= 11 is 0. The van der Waals surface area contributed by atoms with Crippen LogP contribution in [0.15, 0.2) is 53.4 Å². The van der Waals surface area contributed by atoms with E-state index in [1.807, 2.05) is 36.2 Å². The Kier molecular flexibility index (Phi) is 6.48. The third-order valence-corrected chi connectivity index (χ3v) is 4.87. The van der Waals surface area contributed by atoms with Crippen molar-refractivity contribution in [1.82, 2.24) is 10.3 Å². The Balaban J connectivity index is 2.01. The van der Waals surface area contributed by atoms with Gasteiger partial charge in [0.05, 0.1) is 4.92 Å². The average molecular weight is 393 g/mol. The van der Waals surface area contributed by atoms with Crippen molar-refractivity contribution in [2.45, 2.75) is 24.7 Å². The lowest BCUT2D eigenvalue weighted by molar-refractivity contribution is -0.387. The first-order chi connectivity index (χ1) is 12.7. The number of ether oxygens (including phenoxy) is 1. The predicted octanol–water partition coefficient (Wildman–Crippen LogP) is 2.11. The molecule has 0 bridgehead atoms. The Bertz CT molecular complexity index is 943. The van der Waals surface area contributed by atoms with Crippen molar-refractivity contribution in [3.63, 3.8) is 0 Å². The van der Waals surface area contributed by atoms with Crippen molar-refractivity contribution >= 4 is 21.6 Å².